The molecule has 2 aliphatic heterocycles. The highest BCUT2D eigenvalue weighted by molar-refractivity contribution is 5.73. The van der Waals surface area contributed by atoms with Crippen molar-refractivity contribution in [3.05, 3.63) is 41.8 Å². The summed E-state index contributed by atoms with van der Waals surface area (Å²) >= 11 is 0. The Balaban J connectivity index is 1.44. The van der Waals surface area contributed by atoms with Crippen molar-refractivity contribution < 1.29 is 9.18 Å². The Kier molecular flexibility index (Phi) is 5.51. The maximum absolute atomic E-state index is 14.1. The average Bonchev–Trinajstić information content (AvgIpc) is 2.74. The smallest absolute Gasteiger partial charge is 0.227 e. The third-order valence-electron chi connectivity index (χ3n) is 5.63. The fraction of sp³-hybridized carbons (Fsp3) is 0.476. The molecule has 2 saturated heterocycles. The number of benzene rings is 1. The van der Waals surface area contributed by atoms with E-state index < -0.39 is 0 Å². The lowest BCUT2D eigenvalue weighted by atomic mass is 10.2. The van der Waals surface area contributed by atoms with Crippen LogP contribution in [0.1, 0.15) is 12.6 Å². The number of hydrogen-bond acceptors (Lipinski definition) is 6. The van der Waals surface area contributed by atoms with Gasteiger partial charge in [-0.3, -0.25) is 4.79 Å². The summed E-state index contributed by atoms with van der Waals surface area (Å²) in [4.78, 5) is 29.3. The second-order valence-corrected chi connectivity index (χ2v) is 7.59. The molecule has 2 aromatic rings. The van der Waals surface area contributed by atoms with E-state index in [-0.39, 0.29) is 11.7 Å². The van der Waals surface area contributed by atoms with Gasteiger partial charge in [0, 0.05) is 71.0 Å². The number of carbonyl (C=O) groups is 1. The first kappa shape index (κ1) is 19.4. The van der Waals surface area contributed by atoms with Crippen LogP contribution >= 0.6 is 0 Å². The summed E-state index contributed by atoms with van der Waals surface area (Å²) in [5, 5.41) is 0. The van der Waals surface area contributed by atoms with Crippen LogP contribution < -0.4 is 14.7 Å². The van der Waals surface area contributed by atoms with Crippen molar-refractivity contribution in [1.29, 1.82) is 0 Å². The molecule has 2 fully saturated rings. The Morgan fingerprint density at radius 1 is 0.897 bits per heavy atom. The molecular formula is C21H27FN6O. The zero-order valence-electron chi connectivity index (χ0n) is 17.0. The number of piperazine rings is 2. The molecule has 1 aromatic heterocycles. The van der Waals surface area contributed by atoms with Gasteiger partial charge in [0.05, 0.1) is 5.69 Å². The first-order chi connectivity index (χ1) is 14.0. The molecule has 0 unspecified atom stereocenters. The number of rotatable bonds is 3. The second-order valence-electron chi connectivity index (χ2n) is 7.59. The quantitative estimate of drug-likeness (QED) is 0.788. The normalized spacial score (nSPS) is 17.6. The number of para-hydroxylation sites is 1. The van der Waals surface area contributed by atoms with Gasteiger partial charge in [0.25, 0.3) is 0 Å². The molecule has 3 heterocycles. The number of aryl methyl sites for hydroxylation is 1. The van der Waals surface area contributed by atoms with E-state index in [1.54, 1.807) is 13.0 Å². The number of anilines is 3. The summed E-state index contributed by atoms with van der Waals surface area (Å²) in [5.41, 5.74) is 1.59. The van der Waals surface area contributed by atoms with Crippen LogP contribution in [0.15, 0.2) is 30.3 Å². The Morgan fingerprint density at radius 2 is 1.52 bits per heavy atom. The van der Waals surface area contributed by atoms with E-state index in [4.69, 9.17) is 4.98 Å². The maximum Gasteiger partial charge on any atom is 0.227 e. The molecule has 7 nitrogen and oxygen atoms in total. The zero-order chi connectivity index (χ0) is 20.4. The monoisotopic (exact) mass is 398 g/mol. The molecule has 1 amide bonds. The van der Waals surface area contributed by atoms with Crippen molar-refractivity contribution >= 4 is 23.4 Å². The lowest BCUT2D eigenvalue weighted by Gasteiger charge is -2.38. The fourth-order valence-electron chi connectivity index (χ4n) is 3.95. The number of nitrogens with zero attached hydrogens (tertiary/aromatic N) is 6. The van der Waals surface area contributed by atoms with E-state index >= 15 is 0 Å². The Morgan fingerprint density at radius 3 is 2.17 bits per heavy atom. The lowest BCUT2D eigenvalue weighted by Crippen LogP contribution is -2.49. The van der Waals surface area contributed by atoms with Crippen molar-refractivity contribution in [3.8, 4) is 0 Å². The number of halogens is 1. The molecule has 1 aromatic carbocycles. The largest absolute Gasteiger partial charge is 0.366 e. The SMILES string of the molecule is CC(=O)N1CCN(c2nc(C)cc(N3CCN(c4ccccc4F)CC3)n2)CC1. The molecule has 4 rings (SSSR count). The van der Waals surface area contributed by atoms with Crippen LogP contribution in [0.25, 0.3) is 0 Å². The number of hydrogen-bond donors (Lipinski definition) is 0. The molecule has 8 heteroatoms. The molecule has 2 aliphatic rings. The first-order valence-corrected chi connectivity index (χ1v) is 10.1. The van der Waals surface area contributed by atoms with Gasteiger partial charge in [-0.25, -0.2) is 9.37 Å². The highest BCUT2D eigenvalue weighted by atomic mass is 19.1. The van der Waals surface area contributed by atoms with Crippen LogP contribution in [0, 0.1) is 12.7 Å². The van der Waals surface area contributed by atoms with Crippen LogP contribution in [-0.2, 0) is 4.79 Å². The summed E-state index contributed by atoms with van der Waals surface area (Å²) in [6.45, 7) is 9.52. The van der Waals surface area contributed by atoms with Gasteiger partial charge in [-0.2, -0.15) is 4.98 Å². The highest BCUT2D eigenvalue weighted by Gasteiger charge is 2.24. The third-order valence-corrected chi connectivity index (χ3v) is 5.63. The highest BCUT2D eigenvalue weighted by Crippen LogP contribution is 2.24. The topological polar surface area (TPSA) is 55.8 Å². The van der Waals surface area contributed by atoms with E-state index in [1.165, 1.54) is 6.07 Å². The van der Waals surface area contributed by atoms with Gasteiger partial charge in [0.2, 0.25) is 11.9 Å². The van der Waals surface area contributed by atoms with Crippen LogP contribution in [0.3, 0.4) is 0 Å². The van der Waals surface area contributed by atoms with E-state index in [9.17, 15) is 9.18 Å². The van der Waals surface area contributed by atoms with Gasteiger partial charge >= 0.3 is 0 Å². The molecule has 0 aliphatic carbocycles. The molecule has 0 saturated carbocycles. The summed E-state index contributed by atoms with van der Waals surface area (Å²) in [5.74, 6) is 1.57. The van der Waals surface area contributed by atoms with Gasteiger partial charge < -0.3 is 19.6 Å². The second kappa shape index (κ2) is 8.23. The molecular weight excluding hydrogens is 371 g/mol. The molecule has 0 atom stereocenters. The van der Waals surface area contributed by atoms with Crippen molar-refractivity contribution in [2.45, 2.75) is 13.8 Å². The average molecular weight is 398 g/mol. The first-order valence-electron chi connectivity index (χ1n) is 10.1. The van der Waals surface area contributed by atoms with Crippen molar-refractivity contribution in [3.63, 3.8) is 0 Å². The maximum atomic E-state index is 14.1. The van der Waals surface area contributed by atoms with Gasteiger partial charge in [-0.15, -0.1) is 0 Å². The minimum Gasteiger partial charge on any atom is -0.366 e. The van der Waals surface area contributed by atoms with Crippen LogP contribution in [0.5, 0.6) is 0 Å². The summed E-state index contributed by atoms with van der Waals surface area (Å²) in [7, 11) is 0. The predicted octanol–water partition coefficient (Wildman–Crippen LogP) is 1.92. The van der Waals surface area contributed by atoms with Crippen molar-refractivity contribution in [2.24, 2.45) is 0 Å². The predicted molar refractivity (Wildman–Crippen MR) is 112 cm³/mol. The zero-order valence-corrected chi connectivity index (χ0v) is 17.0. The molecule has 0 spiro atoms. The van der Waals surface area contributed by atoms with Gasteiger partial charge in [-0.1, -0.05) is 12.1 Å². The molecule has 29 heavy (non-hydrogen) atoms. The van der Waals surface area contributed by atoms with Crippen LogP contribution in [0.2, 0.25) is 0 Å². The minimum atomic E-state index is -0.175. The molecule has 0 bridgehead atoms. The summed E-state index contributed by atoms with van der Waals surface area (Å²) in [6.07, 6.45) is 0. The lowest BCUT2D eigenvalue weighted by molar-refractivity contribution is -0.129. The van der Waals surface area contributed by atoms with E-state index in [1.807, 2.05) is 30.0 Å². The number of carbonyl (C=O) groups excluding carboxylic acids is 1. The Labute approximate surface area is 170 Å². The Hall–Kier alpha value is -2.90. The van der Waals surface area contributed by atoms with E-state index in [0.717, 1.165) is 56.7 Å². The van der Waals surface area contributed by atoms with Gasteiger partial charge in [0.1, 0.15) is 11.6 Å². The fourth-order valence-corrected chi connectivity index (χ4v) is 3.95. The summed E-state index contributed by atoms with van der Waals surface area (Å²) in [6, 6.07) is 8.94. The molecule has 0 N–H and O–H groups in total. The minimum absolute atomic E-state index is 0.114. The van der Waals surface area contributed by atoms with E-state index in [2.05, 4.69) is 19.7 Å². The van der Waals surface area contributed by atoms with Gasteiger partial charge in [0.15, 0.2) is 0 Å². The summed E-state index contributed by atoms with van der Waals surface area (Å²) < 4.78 is 14.1. The third kappa shape index (κ3) is 4.26. The number of amides is 1. The number of aromatic nitrogens is 2. The van der Waals surface area contributed by atoms with Crippen LogP contribution in [0.4, 0.5) is 21.8 Å². The van der Waals surface area contributed by atoms with Gasteiger partial charge in [-0.05, 0) is 19.1 Å². The molecule has 154 valence electrons. The van der Waals surface area contributed by atoms with Crippen LogP contribution in [-0.4, -0.2) is 73.1 Å². The van der Waals surface area contributed by atoms with E-state index in [0.29, 0.717) is 18.8 Å². The van der Waals surface area contributed by atoms with Crippen molar-refractivity contribution in [1.82, 2.24) is 14.9 Å². The molecule has 0 radical (unpaired) electrons. The standard InChI is InChI=1S/C21H27FN6O/c1-16-15-20(24-21(23-16)28-13-7-25(8-14-28)17(2)29)27-11-9-26(10-12-27)19-6-4-3-5-18(19)22/h3-6,15H,7-14H2,1-2H3. The van der Waals surface area contributed by atoms with Crippen molar-refractivity contribution in [2.75, 3.05) is 67.1 Å². The Bertz CT molecular complexity index is 875.